The summed E-state index contributed by atoms with van der Waals surface area (Å²) in [5.41, 5.74) is 0.858. The van der Waals surface area contributed by atoms with Gasteiger partial charge in [0, 0.05) is 13.6 Å². The summed E-state index contributed by atoms with van der Waals surface area (Å²) in [6, 6.07) is 6.56. The Balaban J connectivity index is 1.71. The van der Waals surface area contributed by atoms with Crippen LogP contribution in [0.4, 0.5) is 4.79 Å². The Morgan fingerprint density at radius 2 is 1.88 bits per heavy atom. The van der Waals surface area contributed by atoms with Gasteiger partial charge in [-0.2, -0.15) is 0 Å². The number of nitrogens with zero attached hydrogens (tertiary/aromatic N) is 2. The molecule has 0 saturated carbocycles. The van der Waals surface area contributed by atoms with Crippen molar-refractivity contribution in [3.63, 3.8) is 0 Å². The summed E-state index contributed by atoms with van der Waals surface area (Å²) in [5, 5.41) is 2.60. The Bertz CT molecular complexity index is 673. The van der Waals surface area contributed by atoms with Gasteiger partial charge in [-0.25, -0.2) is 4.79 Å². The van der Waals surface area contributed by atoms with E-state index in [1.807, 2.05) is 0 Å². The lowest BCUT2D eigenvalue weighted by atomic mass is 10.2. The molecule has 0 aromatic heterocycles. The van der Waals surface area contributed by atoms with Crippen molar-refractivity contribution >= 4 is 23.8 Å². The van der Waals surface area contributed by atoms with Gasteiger partial charge < -0.3 is 19.7 Å². The fourth-order valence-corrected chi connectivity index (χ4v) is 2.14. The second kappa shape index (κ2) is 8.13. The van der Waals surface area contributed by atoms with Crippen LogP contribution in [-0.2, 0) is 25.7 Å². The highest BCUT2D eigenvalue weighted by molar-refractivity contribution is 6.04. The molecule has 0 unspecified atom stereocenters. The summed E-state index contributed by atoms with van der Waals surface area (Å²) in [7, 11) is 3.02. The second-order valence-electron chi connectivity index (χ2n) is 5.40. The van der Waals surface area contributed by atoms with Crippen molar-refractivity contribution in [3.05, 3.63) is 29.8 Å². The number of hydrogen-bond donors (Lipinski definition) is 1. The van der Waals surface area contributed by atoms with Gasteiger partial charge in [-0.05, 0) is 17.7 Å². The molecule has 0 spiro atoms. The SMILES string of the molecule is COc1ccc(CNC(=O)COC(=O)CN2C(=O)CN(C)C2=O)cc1. The lowest BCUT2D eigenvalue weighted by molar-refractivity contribution is -0.150. The van der Waals surface area contributed by atoms with E-state index >= 15 is 0 Å². The van der Waals surface area contributed by atoms with Crippen LogP contribution in [0.2, 0.25) is 0 Å². The molecule has 1 aromatic rings. The number of carbonyl (C=O) groups is 4. The van der Waals surface area contributed by atoms with Crippen LogP contribution < -0.4 is 10.1 Å². The highest BCUT2D eigenvalue weighted by Gasteiger charge is 2.35. The Hall–Kier alpha value is -3.10. The van der Waals surface area contributed by atoms with Gasteiger partial charge in [0.1, 0.15) is 18.8 Å². The highest BCUT2D eigenvalue weighted by atomic mass is 16.5. The molecule has 1 fully saturated rings. The number of hydrogen-bond acceptors (Lipinski definition) is 6. The molecular formula is C16H19N3O6. The molecule has 1 aliphatic heterocycles. The normalized spacial score (nSPS) is 13.8. The predicted molar refractivity (Wildman–Crippen MR) is 85.5 cm³/mol. The summed E-state index contributed by atoms with van der Waals surface area (Å²) >= 11 is 0. The molecule has 4 amide bonds. The first kappa shape index (κ1) is 18.2. The number of ether oxygens (including phenoxy) is 2. The van der Waals surface area contributed by atoms with Crippen LogP contribution in [0.3, 0.4) is 0 Å². The molecular weight excluding hydrogens is 330 g/mol. The average molecular weight is 349 g/mol. The zero-order valence-corrected chi connectivity index (χ0v) is 14.0. The van der Waals surface area contributed by atoms with Crippen LogP contribution in [0.1, 0.15) is 5.56 Å². The monoisotopic (exact) mass is 349 g/mol. The summed E-state index contributed by atoms with van der Waals surface area (Å²) < 4.78 is 9.82. The van der Waals surface area contributed by atoms with Crippen LogP contribution in [0, 0.1) is 0 Å². The van der Waals surface area contributed by atoms with E-state index in [2.05, 4.69) is 5.32 Å². The maximum atomic E-state index is 11.7. The highest BCUT2D eigenvalue weighted by Crippen LogP contribution is 2.11. The van der Waals surface area contributed by atoms with E-state index in [4.69, 9.17) is 9.47 Å². The third-order valence-electron chi connectivity index (χ3n) is 3.53. The Morgan fingerprint density at radius 3 is 2.44 bits per heavy atom. The molecule has 2 rings (SSSR count). The van der Waals surface area contributed by atoms with Crippen LogP contribution in [0.15, 0.2) is 24.3 Å². The number of urea groups is 1. The quantitative estimate of drug-likeness (QED) is 0.537. The molecule has 0 atom stereocenters. The largest absolute Gasteiger partial charge is 0.497 e. The number of likely N-dealkylation sites (N-methyl/N-ethyl adjacent to an activating group) is 1. The van der Waals surface area contributed by atoms with Crippen molar-refractivity contribution in [2.75, 3.05) is 33.9 Å². The minimum absolute atomic E-state index is 0.0749. The van der Waals surface area contributed by atoms with Crippen molar-refractivity contribution in [2.24, 2.45) is 0 Å². The number of methoxy groups -OCH3 is 1. The van der Waals surface area contributed by atoms with Crippen molar-refractivity contribution in [1.29, 1.82) is 0 Å². The molecule has 0 bridgehead atoms. The van der Waals surface area contributed by atoms with Crippen molar-refractivity contribution < 1.29 is 28.7 Å². The van der Waals surface area contributed by atoms with E-state index in [0.29, 0.717) is 5.75 Å². The van der Waals surface area contributed by atoms with Gasteiger partial charge in [0.2, 0.25) is 0 Å². The molecule has 25 heavy (non-hydrogen) atoms. The van der Waals surface area contributed by atoms with Gasteiger partial charge in [-0.3, -0.25) is 19.3 Å². The number of carbonyl (C=O) groups excluding carboxylic acids is 4. The van der Waals surface area contributed by atoms with Crippen molar-refractivity contribution in [2.45, 2.75) is 6.54 Å². The van der Waals surface area contributed by atoms with Crippen LogP contribution in [0.5, 0.6) is 5.75 Å². The predicted octanol–water partition coefficient (Wildman–Crippen LogP) is -0.251. The topological polar surface area (TPSA) is 105 Å². The van der Waals surface area contributed by atoms with Gasteiger partial charge >= 0.3 is 12.0 Å². The molecule has 0 radical (unpaired) electrons. The molecule has 0 aliphatic carbocycles. The fourth-order valence-electron chi connectivity index (χ4n) is 2.14. The number of esters is 1. The first-order valence-electron chi connectivity index (χ1n) is 7.51. The maximum absolute atomic E-state index is 11.7. The lowest BCUT2D eigenvalue weighted by Crippen LogP contribution is -2.38. The minimum atomic E-state index is -0.823. The van der Waals surface area contributed by atoms with Gasteiger partial charge in [0.25, 0.3) is 11.8 Å². The number of rotatable bonds is 7. The zero-order valence-electron chi connectivity index (χ0n) is 14.0. The van der Waals surface area contributed by atoms with Gasteiger partial charge in [0.15, 0.2) is 6.61 Å². The summed E-state index contributed by atoms with van der Waals surface area (Å²) in [4.78, 5) is 48.5. The van der Waals surface area contributed by atoms with E-state index in [9.17, 15) is 19.2 Å². The smallest absolute Gasteiger partial charge is 0.327 e. The van der Waals surface area contributed by atoms with E-state index in [1.165, 1.54) is 11.9 Å². The Morgan fingerprint density at radius 1 is 1.20 bits per heavy atom. The molecule has 1 aliphatic rings. The second-order valence-corrected chi connectivity index (χ2v) is 5.40. The van der Waals surface area contributed by atoms with Crippen LogP contribution >= 0.6 is 0 Å². The van der Waals surface area contributed by atoms with E-state index < -0.39 is 37.0 Å². The van der Waals surface area contributed by atoms with E-state index in [1.54, 1.807) is 31.4 Å². The van der Waals surface area contributed by atoms with Crippen molar-refractivity contribution in [3.8, 4) is 5.75 Å². The minimum Gasteiger partial charge on any atom is -0.497 e. The molecule has 9 nitrogen and oxygen atoms in total. The molecule has 134 valence electrons. The summed E-state index contributed by atoms with van der Waals surface area (Å²) in [5.74, 6) is -1.08. The van der Waals surface area contributed by atoms with Gasteiger partial charge in [0.05, 0.1) is 7.11 Å². The third-order valence-corrected chi connectivity index (χ3v) is 3.53. The van der Waals surface area contributed by atoms with Crippen molar-refractivity contribution in [1.82, 2.24) is 15.1 Å². The van der Waals surface area contributed by atoms with Crippen LogP contribution in [-0.4, -0.2) is 67.5 Å². The summed E-state index contributed by atoms with van der Waals surface area (Å²) in [6.45, 7) is -0.794. The Labute approximate surface area is 144 Å². The molecule has 1 aromatic carbocycles. The molecule has 1 heterocycles. The number of nitrogens with one attached hydrogen (secondary N) is 1. The summed E-state index contributed by atoms with van der Waals surface area (Å²) in [6.07, 6.45) is 0. The fraction of sp³-hybridized carbons (Fsp3) is 0.375. The first-order valence-corrected chi connectivity index (χ1v) is 7.51. The Kier molecular flexibility index (Phi) is 5.93. The lowest BCUT2D eigenvalue weighted by Gasteiger charge is -2.13. The standard InChI is InChI=1S/C16H19N3O6/c1-18-8-14(21)19(16(18)23)9-15(22)25-10-13(20)17-7-11-3-5-12(24-2)6-4-11/h3-6H,7-10H2,1-2H3,(H,17,20). The number of amides is 4. The van der Waals surface area contributed by atoms with E-state index in [0.717, 1.165) is 10.5 Å². The molecule has 1 N–H and O–H groups in total. The van der Waals surface area contributed by atoms with Gasteiger partial charge in [-0.15, -0.1) is 0 Å². The first-order chi connectivity index (χ1) is 11.9. The number of benzene rings is 1. The van der Waals surface area contributed by atoms with Gasteiger partial charge in [-0.1, -0.05) is 12.1 Å². The van der Waals surface area contributed by atoms with E-state index in [-0.39, 0.29) is 13.1 Å². The molecule has 9 heteroatoms. The number of imide groups is 1. The maximum Gasteiger partial charge on any atom is 0.327 e. The average Bonchev–Trinajstić information content (AvgIpc) is 2.84. The van der Waals surface area contributed by atoms with Crippen LogP contribution in [0.25, 0.3) is 0 Å². The third kappa shape index (κ3) is 4.93. The molecule has 1 saturated heterocycles. The zero-order chi connectivity index (χ0) is 18.4.